The number of nitrogens with zero attached hydrogens (tertiary/aromatic N) is 1. The summed E-state index contributed by atoms with van der Waals surface area (Å²) in [6, 6.07) is 11.8. The van der Waals surface area contributed by atoms with Crippen LogP contribution in [0.15, 0.2) is 47.4 Å². The van der Waals surface area contributed by atoms with E-state index in [1.807, 2.05) is 12.1 Å². The van der Waals surface area contributed by atoms with Crippen molar-refractivity contribution in [2.75, 3.05) is 36.9 Å². The van der Waals surface area contributed by atoms with Crippen molar-refractivity contribution in [1.29, 1.82) is 0 Å². The molecule has 0 heterocycles. The molecular weight excluding hydrogens is 340 g/mol. The average molecular weight is 364 g/mol. The first kappa shape index (κ1) is 18.9. The molecule has 0 radical (unpaired) electrons. The number of methoxy groups -OCH3 is 2. The van der Waals surface area contributed by atoms with Crippen LogP contribution in [0.5, 0.6) is 11.5 Å². The zero-order valence-electron chi connectivity index (χ0n) is 14.9. The molecule has 0 fully saturated rings. The van der Waals surface area contributed by atoms with Crippen LogP contribution in [0.3, 0.4) is 0 Å². The number of nitrogens with one attached hydrogen (secondary N) is 1. The molecule has 6 nitrogen and oxygen atoms in total. The van der Waals surface area contributed by atoms with Gasteiger partial charge in [0.1, 0.15) is 0 Å². The molecule has 0 bridgehead atoms. The Bertz CT molecular complexity index is 800. The Morgan fingerprint density at radius 2 is 1.52 bits per heavy atom. The van der Waals surface area contributed by atoms with Crippen LogP contribution in [0.1, 0.15) is 13.8 Å². The van der Waals surface area contributed by atoms with Gasteiger partial charge < -0.3 is 14.4 Å². The highest BCUT2D eigenvalue weighted by molar-refractivity contribution is 7.92. The van der Waals surface area contributed by atoms with E-state index in [1.165, 1.54) is 26.4 Å². The SMILES string of the molecule is CCN(CC)c1ccc(NS(=O)(=O)c2ccc(OC)c(OC)c2)cc1. The van der Waals surface area contributed by atoms with E-state index in [9.17, 15) is 8.42 Å². The second-order valence-corrected chi connectivity index (χ2v) is 7.02. The lowest BCUT2D eigenvalue weighted by atomic mass is 10.2. The van der Waals surface area contributed by atoms with Crippen molar-refractivity contribution in [3.05, 3.63) is 42.5 Å². The summed E-state index contributed by atoms with van der Waals surface area (Å²) in [7, 11) is -0.747. The van der Waals surface area contributed by atoms with Gasteiger partial charge in [-0.1, -0.05) is 0 Å². The Balaban J connectivity index is 2.24. The van der Waals surface area contributed by atoms with Crippen molar-refractivity contribution >= 4 is 21.4 Å². The monoisotopic (exact) mass is 364 g/mol. The minimum absolute atomic E-state index is 0.109. The average Bonchev–Trinajstić information content (AvgIpc) is 2.63. The lowest BCUT2D eigenvalue weighted by molar-refractivity contribution is 0.354. The van der Waals surface area contributed by atoms with E-state index >= 15 is 0 Å². The molecule has 0 aliphatic carbocycles. The largest absolute Gasteiger partial charge is 0.493 e. The zero-order valence-corrected chi connectivity index (χ0v) is 15.8. The van der Waals surface area contributed by atoms with E-state index in [4.69, 9.17) is 9.47 Å². The van der Waals surface area contributed by atoms with Gasteiger partial charge in [-0.2, -0.15) is 0 Å². The summed E-state index contributed by atoms with van der Waals surface area (Å²) in [4.78, 5) is 2.30. The molecule has 0 unspecified atom stereocenters. The Hall–Kier alpha value is -2.41. The first-order valence-corrected chi connectivity index (χ1v) is 9.53. The standard InChI is InChI=1S/C18H24N2O4S/c1-5-20(6-2)15-9-7-14(8-10-15)19-25(21,22)16-11-12-17(23-3)18(13-16)24-4/h7-13,19H,5-6H2,1-4H3. The number of sulfonamides is 1. The molecule has 0 aromatic heterocycles. The van der Waals surface area contributed by atoms with Crippen LogP contribution < -0.4 is 19.1 Å². The molecule has 0 amide bonds. The van der Waals surface area contributed by atoms with Gasteiger partial charge in [-0.25, -0.2) is 8.42 Å². The lowest BCUT2D eigenvalue weighted by Crippen LogP contribution is -2.21. The summed E-state index contributed by atoms with van der Waals surface area (Å²) in [6.45, 7) is 5.95. The summed E-state index contributed by atoms with van der Waals surface area (Å²) in [5.41, 5.74) is 1.56. The van der Waals surface area contributed by atoms with Gasteiger partial charge in [-0.3, -0.25) is 4.72 Å². The van der Waals surface area contributed by atoms with Gasteiger partial charge >= 0.3 is 0 Å². The summed E-state index contributed by atoms with van der Waals surface area (Å²) in [6.07, 6.45) is 0. The Labute approximate surface area is 149 Å². The number of anilines is 2. The summed E-state index contributed by atoms with van der Waals surface area (Å²) in [5, 5.41) is 0. The number of ether oxygens (including phenoxy) is 2. The van der Waals surface area contributed by atoms with Crippen LogP contribution in [0, 0.1) is 0 Å². The third-order valence-electron chi connectivity index (χ3n) is 3.91. The zero-order chi connectivity index (χ0) is 18.4. The third kappa shape index (κ3) is 4.36. The summed E-state index contributed by atoms with van der Waals surface area (Å²) < 4.78 is 38.0. The van der Waals surface area contributed by atoms with Crippen molar-refractivity contribution < 1.29 is 17.9 Å². The fourth-order valence-electron chi connectivity index (χ4n) is 2.53. The highest BCUT2D eigenvalue weighted by Gasteiger charge is 2.17. The van der Waals surface area contributed by atoms with Crippen molar-refractivity contribution in [2.24, 2.45) is 0 Å². The van der Waals surface area contributed by atoms with Crippen LogP contribution in [0.25, 0.3) is 0 Å². The van der Waals surface area contributed by atoms with Crippen LogP contribution in [-0.2, 0) is 10.0 Å². The highest BCUT2D eigenvalue weighted by atomic mass is 32.2. The van der Waals surface area contributed by atoms with E-state index in [0.29, 0.717) is 17.2 Å². The van der Waals surface area contributed by atoms with Gasteiger partial charge in [0.2, 0.25) is 0 Å². The second-order valence-electron chi connectivity index (χ2n) is 5.34. The molecule has 7 heteroatoms. The van der Waals surface area contributed by atoms with Gasteiger partial charge in [0.25, 0.3) is 10.0 Å². The highest BCUT2D eigenvalue weighted by Crippen LogP contribution is 2.30. The Morgan fingerprint density at radius 1 is 0.920 bits per heavy atom. The molecule has 0 atom stereocenters. The predicted octanol–water partition coefficient (Wildman–Crippen LogP) is 3.35. The topological polar surface area (TPSA) is 67.9 Å². The molecule has 25 heavy (non-hydrogen) atoms. The maximum absolute atomic E-state index is 12.6. The van der Waals surface area contributed by atoms with Gasteiger partial charge in [0, 0.05) is 30.5 Å². The van der Waals surface area contributed by atoms with Crippen molar-refractivity contribution in [2.45, 2.75) is 18.7 Å². The van der Waals surface area contributed by atoms with Crippen molar-refractivity contribution in [3.63, 3.8) is 0 Å². The van der Waals surface area contributed by atoms with Crippen LogP contribution in [0.2, 0.25) is 0 Å². The molecule has 2 rings (SSSR count). The maximum atomic E-state index is 12.6. The number of hydrogen-bond donors (Lipinski definition) is 1. The maximum Gasteiger partial charge on any atom is 0.262 e. The fourth-order valence-corrected chi connectivity index (χ4v) is 3.60. The van der Waals surface area contributed by atoms with E-state index in [1.54, 1.807) is 18.2 Å². The van der Waals surface area contributed by atoms with Gasteiger partial charge in [-0.05, 0) is 50.2 Å². The normalized spacial score (nSPS) is 11.0. The number of rotatable bonds is 8. The van der Waals surface area contributed by atoms with E-state index < -0.39 is 10.0 Å². The molecule has 0 aliphatic rings. The Morgan fingerprint density at radius 3 is 2.04 bits per heavy atom. The fraction of sp³-hybridized carbons (Fsp3) is 0.333. The molecule has 0 saturated carbocycles. The number of benzene rings is 2. The van der Waals surface area contributed by atoms with Crippen LogP contribution in [-0.4, -0.2) is 35.7 Å². The lowest BCUT2D eigenvalue weighted by Gasteiger charge is -2.21. The van der Waals surface area contributed by atoms with Crippen LogP contribution >= 0.6 is 0 Å². The molecule has 1 N–H and O–H groups in total. The molecule has 2 aromatic rings. The first-order chi connectivity index (χ1) is 11.9. The van der Waals surface area contributed by atoms with Crippen molar-refractivity contribution in [3.8, 4) is 11.5 Å². The molecular formula is C18H24N2O4S. The quantitative estimate of drug-likeness (QED) is 0.778. The summed E-state index contributed by atoms with van der Waals surface area (Å²) >= 11 is 0. The number of hydrogen-bond acceptors (Lipinski definition) is 5. The van der Waals surface area contributed by atoms with E-state index in [0.717, 1.165) is 18.8 Å². The molecule has 136 valence electrons. The Kier molecular flexibility index (Phi) is 6.14. The van der Waals surface area contributed by atoms with Crippen LogP contribution in [0.4, 0.5) is 11.4 Å². The van der Waals surface area contributed by atoms with Gasteiger partial charge in [0.15, 0.2) is 11.5 Å². The van der Waals surface area contributed by atoms with Gasteiger partial charge in [-0.15, -0.1) is 0 Å². The minimum Gasteiger partial charge on any atom is -0.493 e. The van der Waals surface area contributed by atoms with Crippen molar-refractivity contribution in [1.82, 2.24) is 0 Å². The molecule has 0 spiro atoms. The molecule has 0 aliphatic heterocycles. The smallest absolute Gasteiger partial charge is 0.262 e. The van der Waals surface area contributed by atoms with E-state index in [-0.39, 0.29) is 4.90 Å². The third-order valence-corrected chi connectivity index (χ3v) is 5.29. The second kappa shape index (κ2) is 8.11. The molecule has 0 saturated heterocycles. The first-order valence-electron chi connectivity index (χ1n) is 8.05. The van der Waals surface area contributed by atoms with E-state index in [2.05, 4.69) is 23.5 Å². The molecule has 2 aromatic carbocycles. The predicted molar refractivity (Wildman–Crippen MR) is 100 cm³/mol. The minimum atomic E-state index is -3.71. The van der Waals surface area contributed by atoms with Gasteiger partial charge in [0.05, 0.1) is 19.1 Å². The summed E-state index contributed by atoms with van der Waals surface area (Å²) in [5.74, 6) is 0.840.